The summed E-state index contributed by atoms with van der Waals surface area (Å²) in [7, 11) is 0. The highest BCUT2D eigenvalue weighted by Crippen LogP contribution is 2.32. The molecule has 1 saturated carbocycles. The van der Waals surface area contributed by atoms with E-state index in [0.29, 0.717) is 28.2 Å². The van der Waals surface area contributed by atoms with E-state index >= 15 is 0 Å². The number of carbonyl (C=O) groups excluding carboxylic acids is 1. The van der Waals surface area contributed by atoms with Gasteiger partial charge in [0.25, 0.3) is 0 Å². The SMILES string of the molecule is O=C(CCc1nc(C2CCCC2)no1)NC(C(=O)O)c1ccc(Cl)cc1. The molecule has 1 amide bonds. The van der Waals surface area contributed by atoms with Crippen molar-refractivity contribution in [1.29, 1.82) is 0 Å². The van der Waals surface area contributed by atoms with Crippen LogP contribution in [0, 0.1) is 0 Å². The Kier molecular flexibility index (Phi) is 5.88. The average molecular weight is 378 g/mol. The molecule has 0 radical (unpaired) electrons. The Morgan fingerprint density at radius 2 is 1.96 bits per heavy atom. The van der Waals surface area contributed by atoms with Gasteiger partial charge in [0.15, 0.2) is 11.9 Å². The summed E-state index contributed by atoms with van der Waals surface area (Å²) >= 11 is 5.81. The Morgan fingerprint density at radius 3 is 2.62 bits per heavy atom. The molecule has 2 N–H and O–H groups in total. The number of aliphatic carboxylic acids is 1. The Labute approximate surface area is 155 Å². The molecule has 1 aliphatic rings. The second kappa shape index (κ2) is 8.31. The van der Waals surface area contributed by atoms with E-state index < -0.39 is 17.9 Å². The molecule has 1 aromatic heterocycles. The van der Waals surface area contributed by atoms with Crippen LogP contribution in [0.15, 0.2) is 28.8 Å². The van der Waals surface area contributed by atoms with Crippen LogP contribution in [0.3, 0.4) is 0 Å². The third-order valence-electron chi connectivity index (χ3n) is 4.53. The quantitative estimate of drug-likeness (QED) is 0.767. The molecule has 7 nitrogen and oxygen atoms in total. The van der Waals surface area contributed by atoms with Gasteiger partial charge in [0, 0.05) is 23.8 Å². The first-order valence-electron chi connectivity index (χ1n) is 8.63. The minimum Gasteiger partial charge on any atom is -0.479 e. The maximum absolute atomic E-state index is 12.1. The third kappa shape index (κ3) is 4.60. The van der Waals surface area contributed by atoms with Crippen LogP contribution in [0.5, 0.6) is 0 Å². The number of nitrogens with one attached hydrogen (secondary N) is 1. The van der Waals surface area contributed by atoms with Gasteiger partial charge < -0.3 is 14.9 Å². The number of carbonyl (C=O) groups is 2. The van der Waals surface area contributed by atoms with Gasteiger partial charge in [-0.1, -0.05) is 41.7 Å². The van der Waals surface area contributed by atoms with Gasteiger partial charge in [0.05, 0.1) is 0 Å². The summed E-state index contributed by atoms with van der Waals surface area (Å²) in [4.78, 5) is 28.0. The number of benzene rings is 1. The molecule has 8 heteroatoms. The van der Waals surface area contributed by atoms with E-state index in [4.69, 9.17) is 16.1 Å². The molecule has 1 heterocycles. The van der Waals surface area contributed by atoms with Crippen LogP contribution in [-0.2, 0) is 16.0 Å². The number of carboxylic acid groups (broad SMARTS) is 1. The number of hydrogen-bond acceptors (Lipinski definition) is 5. The zero-order valence-electron chi connectivity index (χ0n) is 14.2. The van der Waals surface area contributed by atoms with E-state index in [0.717, 1.165) is 12.8 Å². The van der Waals surface area contributed by atoms with Crippen LogP contribution >= 0.6 is 11.6 Å². The lowest BCUT2D eigenvalue weighted by molar-refractivity contribution is -0.142. The molecule has 1 atom stereocenters. The van der Waals surface area contributed by atoms with E-state index in [2.05, 4.69) is 15.5 Å². The number of rotatable bonds is 7. The standard InChI is InChI=1S/C18H20ClN3O4/c19-13-7-5-11(6-8-13)16(18(24)25)20-14(23)9-10-15-21-17(22-26-15)12-3-1-2-4-12/h5-8,12,16H,1-4,9-10H2,(H,20,23)(H,24,25). The lowest BCUT2D eigenvalue weighted by Crippen LogP contribution is -2.33. The first-order chi connectivity index (χ1) is 12.5. The van der Waals surface area contributed by atoms with Gasteiger partial charge in [-0.2, -0.15) is 4.98 Å². The van der Waals surface area contributed by atoms with Crippen LogP contribution < -0.4 is 5.32 Å². The van der Waals surface area contributed by atoms with Gasteiger partial charge >= 0.3 is 5.97 Å². The zero-order valence-corrected chi connectivity index (χ0v) is 14.9. The number of carboxylic acids is 1. The maximum Gasteiger partial charge on any atom is 0.330 e. The molecule has 0 aliphatic heterocycles. The smallest absolute Gasteiger partial charge is 0.330 e. The number of nitrogens with zero attached hydrogens (tertiary/aromatic N) is 2. The molecule has 2 aromatic rings. The Bertz CT molecular complexity index is 769. The molecular formula is C18H20ClN3O4. The van der Waals surface area contributed by atoms with E-state index in [1.165, 1.54) is 12.8 Å². The first-order valence-corrected chi connectivity index (χ1v) is 9.01. The maximum atomic E-state index is 12.1. The molecule has 1 aromatic carbocycles. The molecule has 0 saturated heterocycles. The summed E-state index contributed by atoms with van der Waals surface area (Å²) in [5, 5.41) is 16.4. The fourth-order valence-electron chi connectivity index (χ4n) is 3.12. The molecule has 26 heavy (non-hydrogen) atoms. The Hall–Kier alpha value is -2.41. The Balaban J connectivity index is 1.55. The predicted molar refractivity (Wildman–Crippen MR) is 93.8 cm³/mol. The second-order valence-corrected chi connectivity index (χ2v) is 6.85. The highest BCUT2D eigenvalue weighted by Gasteiger charge is 2.24. The van der Waals surface area contributed by atoms with Crippen molar-refractivity contribution in [2.45, 2.75) is 50.5 Å². The van der Waals surface area contributed by atoms with Gasteiger partial charge in [-0.05, 0) is 30.5 Å². The van der Waals surface area contributed by atoms with E-state index in [9.17, 15) is 14.7 Å². The molecule has 1 unspecified atom stereocenters. The van der Waals surface area contributed by atoms with Crippen molar-refractivity contribution in [2.75, 3.05) is 0 Å². The zero-order chi connectivity index (χ0) is 18.5. The van der Waals surface area contributed by atoms with Crippen LogP contribution in [0.2, 0.25) is 5.02 Å². The van der Waals surface area contributed by atoms with E-state index in [1.807, 2.05) is 0 Å². The second-order valence-electron chi connectivity index (χ2n) is 6.42. The minimum absolute atomic E-state index is 0.0731. The lowest BCUT2D eigenvalue weighted by Gasteiger charge is -2.14. The summed E-state index contributed by atoms with van der Waals surface area (Å²) < 4.78 is 5.21. The summed E-state index contributed by atoms with van der Waals surface area (Å²) in [6.07, 6.45) is 4.85. The van der Waals surface area contributed by atoms with Gasteiger partial charge in [-0.25, -0.2) is 4.79 Å². The van der Waals surface area contributed by atoms with Gasteiger partial charge in [-0.15, -0.1) is 0 Å². The largest absolute Gasteiger partial charge is 0.479 e. The van der Waals surface area contributed by atoms with Crippen molar-refractivity contribution in [1.82, 2.24) is 15.5 Å². The Morgan fingerprint density at radius 1 is 1.27 bits per heavy atom. The summed E-state index contributed by atoms with van der Waals surface area (Å²) in [6, 6.07) is 5.20. The summed E-state index contributed by atoms with van der Waals surface area (Å²) in [5.74, 6) is -0.0690. The van der Waals surface area contributed by atoms with Crippen molar-refractivity contribution in [3.63, 3.8) is 0 Å². The average Bonchev–Trinajstić information content (AvgIpc) is 3.30. The molecule has 0 bridgehead atoms. The number of aryl methyl sites for hydroxylation is 1. The molecule has 138 valence electrons. The van der Waals surface area contributed by atoms with Gasteiger partial charge in [-0.3, -0.25) is 4.79 Å². The fraction of sp³-hybridized carbons (Fsp3) is 0.444. The third-order valence-corrected chi connectivity index (χ3v) is 4.78. The van der Waals surface area contributed by atoms with Crippen LogP contribution in [-0.4, -0.2) is 27.1 Å². The van der Waals surface area contributed by atoms with Crippen molar-refractivity contribution < 1.29 is 19.2 Å². The monoisotopic (exact) mass is 377 g/mol. The molecule has 1 aliphatic carbocycles. The van der Waals surface area contributed by atoms with Crippen molar-refractivity contribution in [3.05, 3.63) is 46.6 Å². The number of halogens is 1. The van der Waals surface area contributed by atoms with Crippen molar-refractivity contribution in [3.8, 4) is 0 Å². The highest BCUT2D eigenvalue weighted by molar-refractivity contribution is 6.30. The summed E-state index contributed by atoms with van der Waals surface area (Å²) in [5.41, 5.74) is 0.455. The van der Waals surface area contributed by atoms with Crippen molar-refractivity contribution in [2.24, 2.45) is 0 Å². The van der Waals surface area contributed by atoms with Crippen molar-refractivity contribution >= 4 is 23.5 Å². The number of aromatic nitrogens is 2. The fourth-order valence-corrected chi connectivity index (χ4v) is 3.24. The minimum atomic E-state index is -1.14. The molecule has 3 rings (SSSR count). The van der Waals surface area contributed by atoms with E-state index in [-0.39, 0.29) is 12.8 Å². The predicted octanol–water partition coefficient (Wildman–Crippen LogP) is 3.26. The van der Waals surface area contributed by atoms with E-state index in [1.54, 1.807) is 24.3 Å². The molecule has 1 fully saturated rings. The van der Waals surface area contributed by atoms with Crippen LogP contribution in [0.1, 0.15) is 61.3 Å². The van der Waals surface area contributed by atoms with Gasteiger partial charge in [0.2, 0.25) is 11.8 Å². The van der Waals surface area contributed by atoms with Crippen LogP contribution in [0.4, 0.5) is 0 Å². The topological polar surface area (TPSA) is 105 Å². The normalized spacial score (nSPS) is 15.7. The molecular weight excluding hydrogens is 358 g/mol. The van der Waals surface area contributed by atoms with Crippen LogP contribution in [0.25, 0.3) is 0 Å². The highest BCUT2D eigenvalue weighted by atomic mass is 35.5. The number of hydrogen-bond donors (Lipinski definition) is 2. The molecule has 0 spiro atoms. The van der Waals surface area contributed by atoms with Gasteiger partial charge in [0.1, 0.15) is 0 Å². The number of amides is 1. The lowest BCUT2D eigenvalue weighted by atomic mass is 10.1. The summed E-state index contributed by atoms with van der Waals surface area (Å²) in [6.45, 7) is 0. The first kappa shape index (κ1) is 18.4.